The Labute approximate surface area is 192 Å². The summed E-state index contributed by atoms with van der Waals surface area (Å²) in [5.74, 6) is -0.338. The summed E-state index contributed by atoms with van der Waals surface area (Å²) in [6.45, 7) is 5.63. The molecule has 8 heteroatoms. The van der Waals surface area contributed by atoms with Gasteiger partial charge in [-0.1, -0.05) is 6.07 Å². The van der Waals surface area contributed by atoms with Gasteiger partial charge in [0.15, 0.2) is 5.82 Å². The molecule has 0 spiro atoms. The molecule has 1 N–H and O–H groups in total. The van der Waals surface area contributed by atoms with Crippen LogP contribution in [0.3, 0.4) is 0 Å². The van der Waals surface area contributed by atoms with Crippen molar-refractivity contribution in [3.63, 3.8) is 0 Å². The quantitative estimate of drug-likeness (QED) is 0.633. The highest BCUT2D eigenvalue weighted by atomic mass is 19.1. The fourth-order valence-electron chi connectivity index (χ4n) is 4.07. The van der Waals surface area contributed by atoms with E-state index in [2.05, 4.69) is 15.0 Å². The molecule has 0 saturated carbocycles. The average Bonchev–Trinajstić information content (AvgIpc) is 2.80. The summed E-state index contributed by atoms with van der Waals surface area (Å²) in [5, 5.41) is 10.5. The second-order valence-corrected chi connectivity index (χ2v) is 8.77. The third kappa shape index (κ3) is 4.85. The van der Waals surface area contributed by atoms with Gasteiger partial charge in [0.1, 0.15) is 11.9 Å². The Morgan fingerprint density at radius 3 is 2.55 bits per heavy atom. The third-order valence-electron chi connectivity index (χ3n) is 5.84. The van der Waals surface area contributed by atoms with Crippen molar-refractivity contribution < 1.29 is 19.0 Å². The lowest BCUT2D eigenvalue weighted by Crippen LogP contribution is -2.49. The minimum absolute atomic E-state index is 0.0531. The third-order valence-corrected chi connectivity index (χ3v) is 5.84. The number of hydrogen-bond donors (Lipinski definition) is 1. The molecule has 3 aromatic rings. The topological polar surface area (TPSA) is 88.4 Å². The number of halogens is 1. The van der Waals surface area contributed by atoms with E-state index in [4.69, 9.17) is 4.74 Å². The second-order valence-electron chi connectivity index (χ2n) is 8.77. The van der Waals surface area contributed by atoms with Crippen LogP contribution in [0.5, 0.6) is 5.88 Å². The smallest absolute Gasteiger partial charge is 0.255 e. The molecule has 1 amide bonds. The van der Waals surface area contributed by atoms with Crippen molar-refractivity contribution in [3.05, 3.63) is 71.9 Å². The molecular weight excluding hydrogens is 423 g/mol. The summed E-state index contributed by atoms with van der Waals surface area (Å²) < 4.78 is 20.9. The molecule has 0 bridgehead atoms. The number of rotatable bonds is 5. The molecular formula is C25H27FN4O3. The van der Waals surface area contributed by atoms with Gasteiger partial charge in [0.25, 0.3) is 5.91 Å². The van der Waals surface area contributed by atoms with Gasteiger partial charge in [-0.2, -0.15) is 0 Å². The first-order valence-corrected chi connectivity index (χ1v) is 11.0. The Kier molecular flexibility index (Phi) is 6.37. The molecule has 1 aromatic carbocycles. The monoisotopic (exact) mass is 450 g/mol. The van der Waals surface area contributed by atoms with Crippen molar-refractivity contribution in [2.75, 3.05) is 6.54 Å². The molecule has 1 aliphatic rings. The summed E-state index contributed by atoms with van der Waals surface area (Å²) in [5.41, 5.74) is -0.237. The average molecular weight is 451 g/mol. The number of ether oxygens (including phenoxy) is 1. The van der Waals surface area contributed by atoms with Crippen LogP contribution in [0, 0.1) is 5.82 Å². The van der Waals surface area contributed by atoms with Gasteiger partial charge in [-0.15, -0.1) is 0 Å². The standard InChI is InChI=1S/C25H27FN4O3/c1-16-10-11-17(33-23-19(25(2,3)32)8-5-12-29-23)15-30(16)24(31)18-7-4-9-20(26)21(18)22-27-13-6-14-28-22/h4-9,12-14,16-17,32H,10-11,15H2,1-3H3/t16-,17-/m1/s1. The van der Waals surface area contributed by atoms with E-state index in [1.165, 1.54) is 24.5 Å². The zero-order valence-corrected chi connectivity index (χ0v) is 18.9. The number of hydrogen-bond acceptors (Lipinski definition) is 6. The summed E-state index contributed by atoms with van der Waals surface area (Å²) in [4.78, 5) is 27.9. The molecule has 2 aromatic heterocycles. The molecule has 3 heterocycles. The van der Waals surface area contributed by atoms with Crippen LogP contribution >= 0.6 is 0 Å². The molecule has 1 fully saturated rings. The highest BCUT2D eigenvalue weighted by Crippen LogP contribution is 2.31. The highest BCUT2D eigenvalue weighted by molar-refractivity contribution is 6.00. The zero-order chi connectivity index (χ0) is 23.6. The number of pyridine rings is 1. The summed E-state index contributed by atoms with van der Waals surface area (Å²) in [7, 11) is 0. The van der Waals surface area contributed by atoms with E-state index >= 15 is 0 Å². The highest BCUT2D eigenvalue weighted by Gasteiger charge is 2.34. The number of benzene rings is 1. The molecule has 1 saturated heterocycles. The molecule has 4 rings (SSSR count). The zero-order valence-electron chi connectivity index (χ0n) is 18.9. The number of amides is 1. The Bertz CT molecular complexity index is 1130. The van der Waals surface area contributed by atoms with Crippen LogP contribution in [-0.2, 0) is 5.60 Å². The Balaban J connectivity index is 1.61. The van der Waals surface area contributed by atoms with Gasteiger partial charge < -0.3 is 14.7 Å². The first-order valence-electron chi connectivity index (χ1n) is 11.0. The van der Waals surface area contributed by atoms with E-state index < -0.39 is 11.4 Å². The molecule has 172 valence electrons. The van der Waals surface area contributed by atoms with E-state index in [0.717, 1.165) is 6.42 Å². The molecule has 33 heavy (non-hydrogen) atoms. The Hall–Kier alpha value is -3.39. The van der Waals surface area contributed by atoms with Gasteiger partial charge in [0.2, 0.25) is 5.88 Å². The molecule has 1 aliphatic heterocycles. The van der Waals surface area contributed by atoms with Gasteiger partial charge in [-0.3, -0.25) is 4.79 Å². The number of aliphatic hydroxyl groups is 1. The van der Waals surface area contributed by atoms with E-state index in [1.807, 2.05) is 6.92 Å². The van der Waals surface area contributed by atoms with E-state index in [9.17, 15) is 14.3 Å². The van der Waals surface area contributed by atoms with E-state index in [-0.39, 0.29) is 35.0 Å². The summed E-state index contributed by atoms with van der Waals surface area (Å²) >= 11 is 0. The summed E-state index contributed by atoms with van der Waals surface area (Å²) in [6, 6.07) is 9.52. The number of piperidine rings is 1. The van der Waals surface area contributed by atoms with Crippen LogP contribution in [0.1, 0.15) is 49.5 Å². The normalized spacial score (nSPS) is 18.8. The van der Waals surface area contributed by atoms with Crippen molar-refractivity contribution in [1.82, 2.24) is 19.9 Å². The first kappa shape index (κ1) is 22.8. The van der Waals surface area contributed by atoms with Gasteiger partial charge >= 0.3 is 0 Å². The lowest BCUT2D eigenvalue weighted by Gasteiger charge is -2.38. The number of carbonyl (C=O) groups excluding carboxylic acids is 1. The van der Waals surface area contributed by atoms with Crippen molar-refractivity contribution in [2.45, 2.75) is 51.4 Å². The summed E-state index contributed by atoms with van der Waals surface area (Å²) in [6.07, 6.45) is 5.77. The SMILES string of the molecule is C[C@@H]1CC[C@@H](Oc2ncccc2C(C)(C)O)CN1C(=O)c1cccc(F)c1-c1ncccn1. The lowest BCUT2D eigenvalue weighted by molar-refractivity contribution is 0.0326. The first-order chi connectivity index (χ1) is 15.8. The van der Waals surface area contributed by atoms with E-state index in [1.54, 1.807) is 49.2 Å². The predicted molar refractivity (Wildman–Crippen MR) is 121 cm³/mol. The van der Waals surface area contributed by atoms with Crippen molar-refractivity contribution >= 4 is 5.91 Å². The molecule has 7 nitrogen and oxygen atoms in total. The maximum Gasteiger partial charge on any atom is 0.255 e. The van der Waals surface area contributed by atoms with Crippen LogP contribution in [-0.4, -0.2) is 49.6 Å². The minimum atomic E-state index is -1.12. The Morgan fingerprint density at radius 1 is 1.09 bits per heavy atom. The fraction of sp³-hybridized carbons (Fsp3) is 0.360. The fourth-order valence-corrected chi connectivity index (χ4v) is 4.07. The largest absolute Gasteiger partial charge is 0.472 e. The van der Waals surface area contributed by atoms with Gasteiger partial charge in [-0.25, -0.2) is 19.3 Å². The van der Waals surface area contributed by atoms with Gasteiger partial charge in [0, 0.05) is 30.2 Å². The maximum atomic E-state index is 14.8. The molecule has 0 unspecified atom stereocenters. The lowest BCUT2D eigenvalue weighted by atomic mass is 9.97. The predicted octanol–water partition coefficient (Wildman–Crippen LogP) is 3.98. The van der Waals surface area contributed by atoms with Crippen LogP contribution in [0.25, 0.3) is 11.4 Å². The van der Waals surface area contributed by atoms with Gasteiger partial charge in [-0.05, 0) is 63.9 Å². The Morgan fingerprint density at radius 2 is 1.82 bits per heavy atom. The van der Waals surface area contributed by atoms with Crippen molar-refractivity contribution in [3.8, 4) is 17.3 Å². The number of carbonyl (C=O) groups is 1. The van der Waals surface area contributed by atoms with Gasteiger partial charge in [0.05, 0.1) is 23.3 Å². The van der Waals surface area contributed by atoms with Crippen LogP contribution < -0.4 is 4.74 Å². The molecule has 2 atom stereocenters. The number of likely N-dealkylation sites (tertiary alicyclic amines) is 1. The number of aromatic nitrogens is 3. The molecule has 0 aliphatic carbocycles. The molecule has 0 radical (unpaired) electrons. The van der Waals surface area contributed by atoms with Crippen molar-refractivity contribution in [2.24, 2.45) is 0 Å². The minimum Gasteiger partial charge on any atom is -0.472 e. The van der Waals surface area contributed by atoms with E-state index in [0.29, 0.717) is 24.4 Å². The second kappa shape index (κ2) is 9.23. The van der Waals surface area contributed by atoms with Crippen LogP contribution in [0.2, 0.25) is 0 Å². The van der Waals surface area contributed by atoms with Crippen LogP contribution in [0.15, 0.2) is 55.0 Å². The number of nitrogens with zero attached hydrogens (tertiary/aromatic N) is 4. The van der Waals surface area contributed by atoms with Crippen LogP contribution in [0.4, 0.5) is 4.39 Å². The van der Waals surface area contributed by atoms with Crippen molar-refractivity contribution in [1.29, 1.82) is 0 Å². The maximum absolute atomic E-state index is 14.8.